The third-order valence-electron chi connectivity index (χ3n) is 4.99. The normalized spacial score (nSPS) is 17.8. The maximum Gasteiger partial charge on any atom is 0.255 e. The van der Waals surface area contributed by atoms with E-state index >= 15 is 0 Å². The number of nitrogens with one attached hydrogen (secondary N) is 1. The fourth-order valence-electron chi connectivity index (χ4n) is 3.75. The molecule has 1 aromatic carbocycles. The van der Waals surface area contributed by atoms with Gasteiger partial charge in [-0.3, -0.25) is 4.79 Å². The molecular weight excluding hydrogens is 336 g/mol. The Morgan fingerprint density at radius 2 is 2.20 bits per heavy atom. The van der Waals surface area contributed by atoms with Gasteiger partial charge < -0.3 is 9.88 Å². The molecule has 3 aromatic rings. The molecule has 1 N–H and O–H groups in total. The second kappa shape index (κ2) is 6.48. The molecule has 6 heteroatoms. The van der Waals surface area contributed by atoms with Gasteiger partial charge in [0.15, 0.2) is 5.15 Å². The van der Waals surface area contributed by atoms with E-state index in [0.29, 0.717) is 18.0 Å². The maximum absolute atomic E-state index is 12.8. The van der Waals surface area contributed by atoms with E-state index < -0.39 is 0 Å². The molecule has 1 aliphatic rings. The second-order valence-corrected chi connectivity index (χ2v) is 6.95. The Balaban J connectivity index is 1.60. The minimum atomic E-state index is -0.0322. The average molecular weight is 355 g/mol. The predicted molar refractivity (Wildman–Crippen MR) is 98.0 cm³/mol. The zero-order valence-electron chi connectivity index (χ0n) is 14.0. The van der Waals surface area contributed by atoms with Crippen LogP contribution in [0.4, 0.5) is 0 Å². The van der Waals surface area contributed by atoms with Crippen LogP contribution in [0.25, 0.3) is 10.9 Å². The number of para-hydroxylation sites is 1. The van der Waals surface area contributed by atoms with Crippen LogP contribution in [0.15, 0.2) is 36.5 Å². The first-order valence-corrected chi connectivity index (χ1v) is 8.86. The summed E-state index contributed by atoms with van der Waals surface area (Å²) in [6.07, 6.45) is 3.54. The number of hydrogen-bond donors (Lipinski definition) is 1. The smallest absolute Gasteiger partial charge is 0.255 e. The molecule has 3 heterocycles. The van der Waals surface area contributed by atoms with Crippen molar-refractivity contribution in [3.05, 3.63) is 58.5 Å². The number of hydrogen-bond acceptors (Lipinski definition) is 3. The minimum absolute atomic E-state index is 0.0322. The Hall–Kier alpha value is -2.40. The standard InChI is InChI=1S/C19H19ClN4O/c1-12-15-6-2-3-7-16(15)22-18(12)13-5-4-8-24(11-13)19(25)14-9-17(20)23-21-10-14/h2-3,6-7,9-10,13,22H,4-5,8,11H2,1H3. The van der Waals surface area contributed by atoms with E-state index in [2.05, 4.69) is 40.3 Å². The third-order valence-corrected chi connectivity index (χ3v) is 5.18. The van der Waals surface area contributed by atoms with Gasteiger partial charge in [-0.25, -0.2) is 0 Å². The summed E-state index contributed by atoms with van der Waals surface area (Å²) < 4.78 is 0. The molecule has 5 nitrogen and oxygen atoms in total. The quantitative estimate of drug-likeness (QED) is 0.758. The lowest BCUT2D eigenvalue weighted by atomic mass is 9.92. The predicted octanol–water partition coefficient (Wildman–Crippen LogP) is 3.94. The molecule has 1 atom stereocenters. The number of rotatable bonds is 2. The van der Waals surface area contributed by atoms with Crippen LogP contribution >= 0.6 is 11.6 Å². The van der Waals surface area contributed by atoms with Crippen molar-refractivity contribution in [3.8, 4) is 0 Å². The highest BCUT2D eigenvalue weighted by atomic mass is 35.5. The number of aryl methyl sites for hydroxylation is 1. The summed E-state index contributed by atoms with van der Waals surface area (Å²) in [5, 5.41) is 8.99. The minimum Gasteiger partial charge on any atom is -0.358 e. The lowest BCUT2D eigenvalue weighted by Crippen LogP contribution is -2.39. The van der Waals surface area contributed by atoms with Crippen molar-refractivity contribution in [2.45, 2.75) is 25.7 Å². The largest absolute Gasteiger partial charge is 0.358 e. The van der Waals surface area contributed by atoms with Gasteiger partial charge in [0.05, 0.1) is 11.8 Å². The molecule has 1 unspecified atom stereocenters. The van der Waals surface area contributed by atoms with Crippen LogP contribution < -0.4 is 0 Å². The Kier molecular flexibility index (Phi) is 4.17. The molecule has 0 bridgehead atoms. The molecule has 1 aliphatic heterocycles. The Labute approximate surface area is 151 Å². The molecule has 1 saturated heterocycles. The Bertz CT molecular complexity index is 936. The third kappa shape index (κ3) is 3.00. The van der Waals surface area contributed by atoms with Gasteiger partial charge in [-0.2, -0.15) is 5.10 Å². The van der Waals surface area contributed by atoms with E-state index in [9.17, 15) is 4.79 Å². The second-order valence-electron chi connectivity index (χ2n) is 6.57. The van der Waals surface area contributed by atoms with Gasteiger partial charge in [0.25, 0.3) is 5.91 Å². The lowest BCUT2D eigenvalue weighted by Gasteiger charge is -2.32. The molecular formula is C19H19ClN4O. The first-order chi connectivity index (χ1) is 12.1. The van der Waals surface area contributed by atoms with Crippen LogP contribution in [0.3, 0.4) is 0 Å². The van der Waals surface area contributed by atoms with E-state index in [4.69, 9.17) is 11.6 Å². The highest BCUT2D eigenvalue weighted by Crippen LogP contribution is 2.33. The van der Waals surface area contributed by atoms with Crippen molar-refractivity contribution >= 4 is 28.4 Å². The summed E-state index contributed by atoms with van der Waals surface area (Å²) in [5.41, 5.74) is 4.17. The van der Waals surface area contributed by atoms with E-state index in [1.807, 2.05) is 11.0 Å². The molecule has 1 fully saturated rings. The van der Waals surface area contributed by atoms with Crippen molar-refractivity contribution in [2.75, 3.05) is 13.1 Å². The number of likely N-dealkylation sites (tertiary alicyclic amines) is 1. The first-order valence-electron chi connectivity index (χ1n) is 8.48. The highest BCUT2D eigenvalue weighted by molar-refractivity contribution is 6.29. The molecule has 25 heavy (non-hydrogen) atoms. The van der Waals surface area contributed by atoms with Gasteiger partial charge in [0, 0.05) is 35.6 Å². The molecule has 0 saturated carbocycles. The molecule has 0 spiro atoms. The molecule has 1 amide bonds. The number of nitrogens with zero attached hydrogens (tertiary/aromatic N) is 3. The van der Waals surface area contributed by atoms with E-state index in [1.54, 1.807) is 6.07 Å². The van der Waals surface area contributed by atoms with Crippen LogP contribution in [0.5, 0.6) is 0 Å². The molecule has 2 aromatic heterocycles. The number of aromatic amines is 1. The topological polar surface area (TPSA) is 61.9 Å². The Morgan fingerprint density at radius 1 is 1.36 bits per heavy atom. The van der Waals surface area contributed by atoms with Crippen LogP contribution in [-0.4, -0.2) is 39.1 Å². The lowest BCUT2D eigenvalue weighted by molar-refractivity contribution is 0.0705. The number of carbonyl (C=O) groups is 1. The summed E-state index contributed by atoms with van der Waals surface area (Å²) in [7, 11) is 0. The first kappa shape index (κ1) is 16.1. The molecule has 0 radical (unpaired) electrons. The highest BCUT2D eigenvalue weighted by Gasteiger charge is 2.28. The summed E-state index contributed by atoms with van der Waals surface area (Å²) in [4.78, 5) is 18.2. The fourth-order valence-corrected chi connectivity index (χ4v) is 3.91. The number of halogens is 1. The zero-order chi connectivity index (χ0) is 17.4. The maximum atomic E-state index is 12.8. The molecule has 4 rings (SSSR count). The Morgan fingerprint density at radius 3 is 3.00 bits per heavy atom. The van der Waals surface area contributed by atoms with Gasteiger partial charge in [-0.05, 0) is 37.5 Å². The van der Waals surface area contributed by atoms with Crippen LogP contribution in [0.2, 0.25) is 5.15 Å². The number of fused-ring (bicyclic) bond motifs is 1. The zero-order valence-corrected chi connectivity index (χ0v) is 14.8. The van der Waals surface area contributed by atoms with Crippen molar-refractivity contribution in [1.82, 2.24) is 20.1 Å². The van der Waals surface area contributed by atoms with Crippen LogP contribution in [-0.2, 0) is 0 Å². The number of aromatic nitrogens is 3. The number of carbonyl (C=O) groups excluding carboxylic acids is 1. The fraction of sp³-hybridized carbons (Fsp3) is 0.316. The summed E-state index contributed by atoms with van der Waals surface area (Å²) >= 11 is 5.87. The monoisotopic (exact) mass is 354 g/mol. The van der Waals surface area contributed by atoms with Crippen molar-refractivity contribution in [3.63, 3.8) is 0 Å². The summed E-state index contributed by atoms with van der Waals surface area (Å²) in [6, 6.07) is 9.92. The van der Waals surface area contributed by atoms with E-state index in [-0.39, 0.29) is 11.1 Å². The van der Waals surface area contributed by atoms with E-state index in [1.165, 1.54) is 22.8 Å². The van der Waals surface area contributed by atoms with Crippen LogP contribution in [0.1, 0.15) is 40.4 Å². The van der Waals surface area contributed by atoms with Gasteiger partial charge in [-0.1, -0.05) is 29.8 Å². The number of amides is 1. The van der Waals surface area contributed by atoms with Gasteiger partial charge >= 0.3 is 0 Å². The van der Waals surface area contributed by atoms with E-state index in [0.717, 1.165) is 24.9 Å². The number of piperidine rings is 1. The molecule has 128 valence electrons. The van der Waals surface area contributed by atoms with Gasteiger partial charge in [0.1, 0.15) is 0 Å². The van der Waals surface area contributed by atoms with Crippen molar-refractivity contribution in [2.24, 2.45) is 0 Å². The van der Waals surface area contributed by atoms with Crippen molar-refractivity contribution in [1.29, 1.82) is 0 Å². The van der Waals surface area contributed by atoms with Crippen LogP contribution in [0, 0.1) is 6.92 Å². The molecule has 0 aliphatic carbocycles. The average Bonchev–Trinajstić information content (AvgIpc) is 2.98. The SMILES string of the molecule is Cc1c(C2CCCN(C(=O)c3cnnc(Cl)c3)C2)[nH]c2ccccc12. The van der Waals surface area contributed by atoms with Gasteiger partial charge in [-0.15, -0.1) is 5.10 Å². The number of benzene rings is 1. The number of H-pyrrole nitrogens is 1. The summed E-state index contributed by atoms with van der Waals surface area (Å²) in [6.45, 7) is 3.61. The van der Waals surface area contributed by atoms with Crippen molar-refractivity contribution < 1.29 is 4.79 Å². The summed E-state index contributed by atoms with van der Waals surface area (Å²) in [5.74, 6) is 0.283. The van der Waals surface area contributed by atoms with Gasteiger partial charge in [0.2, 0.25) is 0 Å².